The predicted octanol–water partition coefficient (Wildman–Crippen LogP) is 2.76. The highest BCUT2D eigenvalue weighted by molar-refractivity contribution is 5.92. The lowest BCUT2D eigenvalue weighted by atomic mass is 10.1. The van der Waals surface area contributed by atoms with E-state index in [1.54, 1.807) is 0 Å². The van der Waals surface area contributed by atoms with Crippen LogP contribution in [0.2, 0.25) is 0 Å². The highest BCUT2D eigenvalue weighted by atomic mass is 16.2. The van der Waals surface area contributed by atoms with Gasteiger partial charge in [0.15, 0.2) is 0 Å². The van der Waals surface area contributed by atoms with Gasteiger partial charge >= 0.3 is 0 Å². The van der Waals surface area contributed by atoms with Crippen molar-refractivity contribution in [2.75, 3.05) is 6.54 Å². The van der Waals surface area contributed by atoms with Gasteiger partial charge in [0.25, 0.3) is 0 Å². The minimum Gasteiger partial charge on any atom is -0.321 e. The number of aryl methyl sites for hydroxylation is 1. The van der Waals surface area contributed by atoms with E-state index in [2.05, 4.69) is 43.4 Å². The molecule has 0 bridgehead atoms. The minimum absolute atomic E-state index is 0.0708. The standard InChI is InChI=1S/C16H22N2O/c1-3-4-10-18-14(13-7-5-6-12(2)11-13)17-16(8-9-16)15(18)19/h5-7,11,14,17H,3-4,8-10H2,1-2H3. The summed E-state index contributed by atoms with van der Waals surface area (Å²) in [5.74, 6) is 0.312. The molecule has 1 amide bonds. The first-order valence-corrected chi connectivity index (χ1v) is 7.32. The van der Waals surface area contributed by atoms with Crippen LogP contribution in [0.1, 0.15) is 49.9 Å². The summed E-state index contributed by atoms with van der Waals surface area (Å²) in [4.78, 5) is 14.6. The number of unbranched alkanes of at least 4 members (excludes halogenated alkanes) is 1. The molecule has 1 aliphatic heterocycles. The maximum absolute atomic E-state index is 12.5. The van der Waals surface area contributed by atoms with Crippen molar-refractivity contribution < 1.29 is 4.79 Å². The van der Waals surface area contributed by atoms with Gasteiger partial charge in [-0.05, 0) is 31.7 Å². The number of amides is 1. The molecule has 3 rings (SSSR count). The molecule has 1 atom stereocenters. The van der Waals surface area contributed by atoms with Gasteiger partial charge in [-0.25, -0.2) is 0 Å². The van der Waals surface area contributed by atoms with Gasteiger partial charge in [0.05, 0.1) is 0 Å². The van der Waals surface area contributed by atoms with Crippen LogP contribution in [-0.4, -0.2) is 22.9 Å². The Labute approximate surface area is 115 Å². The highest BCUT2D eigenvalue weighted by Gasteiger charge is 2.59. The Morgan fingerprint density at radius 1 is 1.42 bits per heavy atom. The second kappa shape index (κ2) is 4.64. The van der Waals surface area contributed by atoms with E-state index in [9.17, 15) is 4.79 Å². The molecule has 3 heteroatoms. The molecule has 3 nitrogen and oxygen atoms in total. The van der Waals surface area contributed by atoms with E-state index in [-0.39, 0.29) is 11.7 Å². The maximum Gasteiger partial charge on any atom is 0.244 e. The average Bonchev–Trinajstić information content (AvgIpc) is 3.12. The fraction of sp³-hybridized carbons (Fsp3) is 0.562. The zero-order chi connectivity index (χ0) is 13.5. The number of benzene rings is 1. The van der Waals surface area contributed by atoms with E-state index < -0.39 is 0 Å². The van der Waals surface area contributed by atoms with Crippen molar-refractivity contribution in [2.24, 2.45) is 0 Å². The molecule has 1 saturated carbocycles. The molecule has 2 fully saturated rings. The molecule has 0 radical (unpaired) electrons. The molecule has 1 aromatic carbocycles. The Morgan fingerprint density at radius 2 is 2.21 bits per heavy atom. The van der Waals surface area contributed by atoms with Gasteiger partial charge in [-0.1, -0.05) is 43.2 Å². The molecule has 2 aliphatic rings. The van der Waals surface area contributed by atoms with E-state index >= 15 is 0 Å². The Balaban J connectivity index is 1.87. The van der Waals surface area contributed by atoms with Crippen molar-refractivity contribution >= 4 is 5.91 Å². The average molecular weight is 258 g/mol. The molecular formula is C16H22N2O. The van der Waals surface area contributed by atoms with E-state index in [4.69, 9.17) is 0 Å². The zero-order valence-electron chi connectivity index (χ0n) is 11.8. The van der Waals surface area contributed by atoms with Crippen LogP contribution in [-0.2, 0) is 4.79 Å². The number of nitrogens with zero attached hydrogens (tertiary/aromatic N) is 1. The van der Waals surface area contributed by atoms with Gasteiger partial charge in [0.1, 0.15) is 11.7 Å². The molecule has 1 saturated heterocycles. The van der Waals surface area contributed by atoms with Gasteiger partial charge in [-0.15, -0.1) is 0 Å². The number of carbonyl (C=O) groups is 1. The minimum atomic E-state index is -0.220. The summed E-state index contributed by atoms with van der Waals surface area (Å²) in [5, 5.41) is 3.57. The number of rotatable bonds is 4. The summed E-state index contributed by atoms with van der Waals surface area (Å²) in [6, 6.07) is 8.49. The van der Waals surface area contributed by atoms with Crippen molar-refractivity contribution in [2.45, 2.75) is 51.2 Å². The summed E-state index contributed by atoms with van der Waals surface area (Å²) in [6.07, 6.45) is 4.26. The molecule has 102 valence electrons. The van der Waals surface area contributed by atoms with Crippen LogP contribution in [0.25, 0.3) is 0 Å². The van der Waals surface area contributed by atoms with Crippen LogP contribution >= 0.6 is 0 Å². The first-order chi connectivity index (χ1) is 9.16. The topological polar surface area (TPSA) is 32.3 Å². The van der Waals surface area contributed by atoms with Crippen LogP contribution in [0.4, 0.5) is 0 Å². The molecule has 19 heavy (non-hydrogen) atoms. The molecule has 1 spiro atoms. The summed E-state index contributed by atoms with van der Waals surface area (Å²) < 4.78 is 0. The van der Waals surface area contributed by atoms with Crippen molar-refractivity contribution in [1.82, 2.24) is 10.2 Å². The number of nitrogens with one attached hydrogen (secondary N) is 1. The van der Waals surface area contributed by atoms with Gasteiger partial charge in [-0.2, -0.15) is 0 Å². The van der Waals surface area contributed by atoms with Crippen LogP contribution in [0.15, 0.2) is 24.3 Å². The SMILES string of the molecule is CCCCN1C(=O)C2(CC2)NC1c1cccc(C)c1. The lowest BCUT2D eigenvalue weighted by molar-refractivity contribution is -0.130. The lowest BCUT2D eigenvalue weighted by Gasteiger charge is -2.24. The molecule has 1 aromatic rings. The summed E-state index contributed by atoms with van der Waals surface area (Å²) in [7, 11) is 0. The van der Waals surface area contributed by atoms with Crippen LogP contribution in [0.5, 0.6) is 0 Å². The number of hydrogen-bond donors (Lipinski definition) is 1. The quantitative estimate of drug-likeness (QED) is 0.900. The summed E-state index contributed by atoms with van der Waals surface area (Å²) in [6.45, 7) is 5.13. The van der Waals surface area contributed by atoms with Crippen LogP contribution in [0.3, 0.4) is 0 Å². The van der Waals surface area contributed by atoms with Gasteiger partial charge in [0.2, 0.25) is 5.91 Å². The summed E-state index contributed by atoms with van der Waals surface area (Å²) >= 11 is 0. The third-order valence-corrected chi connectivity index (χ3v) is 4.26. The van der Waals surface area contributed by atoms with Crippen molar-refractivity contribution in [1.29, 1.82) is 0 Å². The Kier molecular flexibility index (Phi) is 3.09. The van der Waals surface area contributed by atoms with Crippen molar-refractivity contribution in [3.63, 3.8) is 0 Å². The fourth-order valence-electron chi connectivity index (χ4n) is 2.94. The number of hydrogen-bond acceptors (Lipinski definition) is 2. The summed E-state index contributed by atoms with van der Waals surface area (Å²) in [5.41, 5.74) is 2.24. The van der Waals surface area contributed by atoms with Gasteiger partial charge < -0.3 is 4.90 Å². The second-order valence-electron chi connectivity index (χ2n) is 5.90. The molecule has 1 heterocycles. The molecule has 1 aliphatic carbocycles. The predicted molar refractivity (Wildman–Crippen MR) is 75.6 cm³/mol. The zero-order valence-corrected chi connectivity index (χ0v) is 11.8. The first-order valence-electron chi connectivity index (χ1n) is 7.32. The molecule has 0 aromatic heterocycles. The van der Waals surface area contributed by atoms with Crippen molar-refractivity contribution in [3.05, 3.63) is 35.4 Å². The normalized spacial score (nSPS) is 24.2. The van der Waals surface area contributed by atoms with E-state index in [1.165, 1.54) is 11.1 Å². The van der Waals surface area contributed by atoms with Gasteiger partial charge in [-0.3, -0.25) is 10.1 Å². The Hall–Kier alpha value is -1.35. The third-order valence-electron chi connectivity index (χ3n) is 4.26. The first kappa shape index (κ1) is 12.7. The van der Waals surface area contributed by atoms with Crippen molar-refractivity contribution in [3.8, 4) is 0 Å². The number of carbonyl (C=O) groups excluding carboxylic acids is 1. The molecular weight excluding hydrogens is 236 g/mol. The largest absolute Gasteiger partial charge is 0.321 e. The van der Waals surface area contributed by atoms with E-state index in [0.717, 1.165) is 32.2 Å². The Morgan fingerprint density at radius 3 is 2.84 bits per heavy atom. The monoisotopic (exact) mass is 258 g/mol. The molecule has 1 unspecified atom stereocenters. The van der Waals surface area contributed by atoms with E-state index in [0.29, 0.717) is 5.91 Å². The van der Waals surface area contributed by atoms with E-state index in [1.807, 2.05) is 4.90 Å². The van der Waals surface area contributed by atoms with Crippen LogP contribution < -0.4 is 5.32 Å². The Bertz CT molecular complexity index is 493. The highest BCUT2D eigenvalue weighted by Crippen LogP contribution is 2.45. The second-order valence-corrected chi connectivity index (χ2v) is 5.90. The fourth-order valence-corrected chi connectivity index (χ4v) is 2.94. The third kappa shape index (κ3) is 2.16. The maximum atomic E-state index is 12.5. The van der Waals surface area contributed by atoms with Gasteiger partial charge in [0, 0.05) is 6.54 Å². The molecule has 1 N–H and O–H groups in total. The van der Waals surface area contributed by atoms with Crippen LogP contribution in [0, 0.1) is 6.92 Å². The lowest BCUT2D eigenvalue weighted by Crippen LogP contribution is -2.32. The smallest absolute Gasteiger partial charge is 0.244 e.